The summed E-state index contributed by atoms with van der Waals surface area (Å²) < 4.78 is 10.7. The lowest BCUT2D eigenvalue weighted by molar-refractivity contribution is 0.0489. The second kappa shape index (κ2) is 6.76. The Hall–Kier alpha value is -1.81. The zero-order valence-corrected chi connectivity index (χ0v) is 13.1. The molecule has 112 valence electrons. The number of nitrogens with zero attached hydrogens (tertiary/aromatic N) is 1. The summed E-state index contributed by atoms with van der Waals surface area (Å²) in [6.07, 6.45) is 0.651. The van der Waals surface area contributed by atoms with Gasteiger partial charge in [0.1, 0.15) is 0 Å². The van der Waals surface area contributed by atoms with Gasteiger partial charge in [-0.2, -0.15) is 0 Å². The molecule has 0 spiro atoms. The number of aromatic nitrogens is 1. The van der Waals surface area contributed by atoms with Gasteiger partial charge < -0.3 is 9.15 Å². The maximum atomic E-state index is 12.0. The molecule has 2 rings (SSSR count). The Labute approximate surface area is 129 Å². The molecule has 0 aliphatic rings. The zero-order valence-electron chi connectivity index (χ0n) is 12.4. The van der Waals surface area contributed by atoms with E-state index >= 15 is 0 Å². The van der Waals surface area contributed by atoms with Crippen molar-refractivity contribution in [2.45, 2.75) is 27.2 Å². The van der Waals surface area contributed by atoms with Crippen LogP contribution in [0, 0.1) is 5.92 Å². The minimum atomic E-state index is -0.478. The Bertz CT molecular complexity index is 634. The molecule has 0 saturated heterocycles. The predicted molar refractivity (Wildman–Crippen MR) is 81.4 cm³/mol. The molecule has 1 aromatic heterocycles. The van der Waals surface area contributed by atoms with Gasteiger partial charge in [0.15, 0.2) is 0 Å². The third-order valence-electron chi connectivity index (χ3n) is 2.83. The first-order valence-corrected chi connectivity index (χ1v) is 7.31. The van der Waals surface area contributed by atoms with E-state index in [4.69, 9.17) is 20.8 Å². The van der Waals surface area contributed by atoms with Crippen molar-refractivity contribution in [3.63, 3.8) is 0 Å². The lowest BCUT2D eigenvalue weighted by Crippen LogP contribution is -2.08. The molecule has 21 heavy (non-hydrogen) atoms. The molecule has 1 aromatic carbocycles. The van der Waals surface area contributed by atoms with Crippen LogP contribution in [-0.4, -0.2) is 17.6 Å². The Kier molecular flexibility index (Phi) is 5.02. The van der Waals surface area contributed by atoms with Crippen molar-refractivity contribution in [1.82, 2.24) is 4.98 Å². The van der Waals surface area contributed by atoms with Gasteiger partial charge in [-0.05, 0) is 37.5 Å². The average Bonchev–Trinajstić information content (AvgIpc) is 2.82. The van der Waals surface area contributed by atoms with Gasteiger partial charge in [-0.3, -0.25) is 0 Å². The molecule has 0 amide bonds. The largest absolute Gasteiger partial charge is 0.460 e. The zero-order chi connectivity index (χ0) is 15.4. The van der Waals surface area contributed by atoms with E-state index in [1.165, 1.54) is 0 Å². The highest BCUT2D eigenvalue weighted by atomic mass is 35.5. The van der Waals surface area contributed by atoms with E-state index < -0.39 is 5.97 Å². The van der Waals surface area contributed by atoms with Crippen molar-refractivity contribution < 1.29 is 13.9 Å². The monoisotopic (exact) mass is 307 g/mol. The number of benzene rings is 1. The standard InChI is InChI=1S/C16H18ClNO3/c1-4-20-16(19)14-13(8-10(2)3)18-15(21-14)11-6-5-7-12(17)9-11/h5-7,9-10H,4,8H2,1-3H3. The molecule has 0 fully saturated rings. The van der Waals surface area contributed by atoms with Crippen LogP contribution in [0.1, 0.15) is 37.0 Å². The molecule has 0 atom stereocenters. The normalized spacial score (nSPS) is 10.9. The molecule has 1 heterocycles. The van der Waals surface area contributed by atoms with Crippen LogP contribution in [0.15, 0.2) is 28.7 Å². The summed E-state index contributed by atoms with van der Waals surface area (Å²) in [4.78, 5) is 16.4. The molecule has 0 aliphatic carbocycles. The molecule has 0 unspecified atom stereocenters. The van der Waals surface area contributed by atoms with E-state index in [2.05, 4.69) is 18.8 Å². The lowest BCUT2D eigenvalue weighted by atomic mass is 10.1. The smallest absolute Gasteiger partial charge is 0.376 e. The molecule has 0 saturated carbocycles. The summed E-state index contributed by atoms with van der Waals surface area (Å²) in [6, 6.07) is 7.18. The fourth-order valence-electron chi connectivity index (χ4n) is 1.98. The Morgan fingerprint density at radius 3 is 2.81 bits per heavy atom. The minimum absolute atomic E-state index is 0.181. The van der Waals surface area contributed by atoms with Crippen molar-refractivity contribution in [2.24, 2.45) is 5.92 Å². The molecule has 0 bridgehead atoms. The van der Waals surface area contributed by atoms with E-state index in [1.807, 2.05) is 12.1 Å². The Balaban J connectivity index is 2.42. The summed E-state index contributed by atoms with van der Waals surface area (Å²) in [6.45, 7) is 6.17. The summed E-state index contributed by atoms with van der Waals surface area (Å²) in [7, 11) is 0. The first kappa shape index (κ1) is 15.6. The van der Waals surface area contributed by atoms with Crippen LogP contribution in [0.5, 0.6) is 0 Å². The second-order valence-corrected chi connectivity index (χ2v) is 5.56. The molecule has 4 nitrogen and oxygen atoms in total. The van der Waals surface area contributed by atoms with Gasteiger partial charge >= 0.3 is 5.97 Å². The number of hydrogen-bond donors (Lipinski definition) is 0. The number of oxazole rings is 1. The van der Waals surface area contributed by atoms with Crippen molar-refractivity contribution in [2.75, 3.05) is 6.61 Å². The van der Waals surface area contributed by atoms with Crippen LogP contribution < -0.4 is 0 Å². The van der Waals surface area contributed by atoms with Gasteiger partial charge in [0.25, 0.3) is 0 Å². The highest BCUT2D eigenvalue weighted by Gasteiger charge is 2.22. The van der Waals surface area contributed by atoms with Crippen molar-refractivity contribution >= 4 is 17.6 Å². The molecule has 0 radical (unpaired) electrons. The van der Waals surface area contributed by atoms with Crippen LogP contribution in [-0.2, 0) is 11.2 Å². The minimum Gasteiger partial charge on any atom is -0.460 e. The summed E-state index contributed by atoms with van der Waals surface area (Å²) in [5.74, 6) is 0.446. The molecular formula is C16H18ClNO3. The van der Waals surface area contributed by atoms with Crippen molar-refractivity contribution in [3.8, 4) is 11.5 Å². The third-order valence-corrected chi connectivity index (χ3v) is 3.07. The predicted octanol–water partition coefficient (Wildman–Crippen LogP) is 4.37. The van der Waals surface area contributed by atoms with Gasteiger partial charge in [-0.15, -0.1) is 0 Å². The SMILES string of the molecule is CCOC(=O)c1oc(-c2cccc(Cl)c2)nc1CC(C)C. The number of halogens is 1. The first-order valence-electron chi connectivity index (χ1n) is 6.94. The number of carbonyl (C=O) groups excluding carboxylic acids is 1. The van der Waals surface area contributed by atoms with Crippen molar-refractivity contribution in [3.05, 3.63) is 40.7 Å². The van der Waals surface area contributed by atoms with E-state index in [-0.39, 0.29) is 5.76 Å². The Morgan fingerprint density at radius 2 is 2.19 bits per heavy atom. The molecule has 0 aliphatic heterocycles. The number of esters is 1. The van der Waals surface area contributed by atoms with Crippen LogP contribution in [0.4, 0.5) is 0 Å². The van der Waals surface area contributed by atoms with Crippen LogP contribution >= 0.6 is 11.6 Å². The maximum absolute atomic E-state index is 12.0. The van der Waals surface area contributed by atoms with E-state index in [0.717, 1.165) is 5.56 Å². The van der Waals surface area contributed by atoms with E-state index in [0.29, 0.717) is 35.6 Å². The van der Waals surface area contributed by atoms with Gasteiger partial charge in [-0.25, -0.2) is 9.78 Å². The maximum Gasteiger partial charge on any atom is 0.376 e. The van der Waals surface area contributed by atoms with E-state index in [9.17, 15) is 4.79 Å². The van der Waals surface area contributed by atoms with Crippen molar-refractivity contribution in [1.29, 1.82) is 0 Å². The van der Waals surface area contributed by atoms with E-state index in [1.54, 1.807) is 19.1 Å². The molecule has 5 heteroatoms. The van der Waals surface area contributed by atoms with Crippen LogP contribution in [0.2, 0.25) is 5.02 Å². The molecular weight excluding hydrogens is 290 g/mol. The quantitative estimate of drug-likeness (QED) is 0.770. The van der Waals surface area contributed by atoms with Gasteiger partial charge in [0.05, 0.1) is 12.3 Å². The third kappa shape index (κ3) is 3.85. The molecule has 2 aromatic rings. The fourth-order valence-corrected chi connectivity index (χ4v) is 2.17. The summed E-state index contributed by atoms with van der Waals surface area (Å²) in [5.41, 5.74) is 1.36. The average molecular weight is 308 g/mol. The number of ether oxygens (including phenoxy) is 1. The van der Waals surface area contributed by atoms with Gasteiger partial charge in [0.2, 0.25) is 11.7 Å². The molecule has 0 N–H and O–H groups in total. The number of hydrogen-bond acceptors (Lipinski definition) is 4. The summed E-state index contributed by atoms with van der Waals surface area (Å²) in [5, 5.41) is 0.591. The number of carbonyl (C=O) groups is 1. The highest BCUT2D eigenvalue weighted by molar-refractivity contribution is 6.30. The Morgan fingerprint density at radius 1 is 1.43 bits per heavy atom. The summed E-state index contributed by atoms with van der Waals surface area (Å²) >= 11 is 5.98. The topological polar surface area (TPSA) is 52.3 Å². The highest BCUT2D eigenvalue weighted by Crippen LogP contribution is 2.26. The second-order valence-electron chi connectivity index (χ2n) is 5.12. The number of rotatable bonds is 5. The van der Waals surface area contributed by atoms with Crippen LogP contribution in [0.25, 0.3) is 11.5 Å². The van der Waals surface area contributed by atoms with Gasteiger partial charge in [0, 0.05) is 10.6 Å². The first-order chi connectivity index (χ1) is 10.0. The lowest BCUT2D eigenvalue weighted by Gasteiger charge is -2.02. The van der Waals surface area contributed by atoms with Crippen LogP contribution in [0.3, 0.4) is 0 Å². The fraction of sp³-hybridized carbons (Fsp3) is 0.375. The van der Waals surface area contributed by atoms with Gasteiger partial charge in [-0.1, -0.05) is 31.5 Å².